The molecule has 0 aliphatic rings. The fourth-order valence-corrected chi connectivity index (χ4v) is 2.14. The molecule has 0 saturated heterocycles. The van der Waals surface area contributed by atoms with E-state index in [-0.39, 0.29) is 11.3 Å². The summed E-state index contributed by atoms with van der Waals surface area (Å²) >= 11 is 3.39. The number of halogens is 1. The predicted molar refractivity (Wildman–Crippen MR) is 82.2 cm³/mol. The lowest BCUT2D eigenvalue weighted by molar-refractivity contribution is -0.384. The molecule has 0 aliphatic heterocycles. The van der Waals surface area contributed by atoms with E-state index < -0.39 is 10.9 Å². The Bertz CT molecular complexity index is 731. The highest BCUT2D eigenvalue weighted by molar-refractivity contribution is 9.10. The molecule has 0 amide bonds. The molecular formula is C14H11BrN2O4. The summed E-state index contributed by atoms with van der Waals surface area (Å²) in [6.07, 6.45) is 0. The molecule has 0 heterocycles. The number of hydrogen-bond acceptors (Lipinski definition) is 4. The molecule has 0 unspecified atom stereocenters. The number of carboxylic acid groups (broad SMARTS) is 1. The van der Waals surface area contributed by atoms with Crippen LogP contribution in [0.5, 0.6) is 0 Å². The molecule has 2 N–H and O–H groups in total. The van der Waals surface area contributed by atoms with Gasteiger partial charge in [0.2, 0.25) is 0 Å². The van der Waals surface area contributed by atoms with Crippen LogP contribution < -0.4 is 5.32 Å². The van der Waals surface area contributed by atoms with Crippen LogP contribution in [-0.4, -0.2) is 16.0 Å². The summed E-state index contributed by atoms with van der Waals surface area (Å²) in [7, 11) is 0. The van der Waals surface area contributed by atoms with Crippen LogP contribution in [0.1, 0.15) is 15.9 Å². The SMILES string of the molecule is Cc1ccc(Nc2ccc([N+](=O)[O-])cc2C(=O)O)cc1Br. The van der Waals surface area contributed by atoms with Gasteiger partial charge in [-0.25, -0.2) is 4.79 Å². The Hall–Kier alpha value is -2.41. The summed E-state index contributed by atoms with van der Waals surface area (Å²) < 4.78 is 0.881. The molecule has 7 heteroatoms. The van der Waals surface area contributed by atoms with Gasteiger partial charge in [0.25, 0.3) is 5.69 Å². The van der Waals surface area contributed by atoms with Gasteiger partial charge in [-0.15, -0.1) is 0 Å². The predicted octanol–water partition coefficient (Wildman–Crippen LogP) is 4.11. The Balaban J connectivity index is 2.41. The second-order valence-corrected chi connectivity index (χ2v) is 5.24. The molecule has 0 radical (unpaired) electrons. The number of benzene rings is 2. The van der Waals surface area contributed by atoms with E-state index in [9.17, 15) is 20.0 Å². The third-order valence-electron chi connectivity index (χ3n) is 2.90. The van der Waals surface area contributed by atoms with Crippen molar-refractivity contribution in [2.24, 2.45) is 0 Å². The Labute approximate surface area is 128 Å². The molecule has 2 rings (SSSR count). The zero-order valence-corrected chi connectivity index (χ0v) is 12.5. The highest BCUT2D eigenvalue weighted by Gasteiger charge is 2.16. The van der Waals surface area contributed by atoms with E-state index >= 15 is 0 Å². The Morgan fingerprint density at radius 1 is 1.29 bits per heavy atom. The van der Waals surface area contributed by atoms with E-state index in [0.29, 0.717) is 11.4 Å². The van der Waals surface area contributed by atoms with Crippen LogP contribution in [0.4, 0.5) is 17.1 Å². The first kappa shape index (κ1) is 15.0. The quantitative estimate of drug-likeness (QED) is 0.639. The molecule has 0 saturated carbocycles. The number of carboxylic acids is 1. The number of nitrogens with zero attached hydrogens (tertiary/aromatic N) is 1. The minimum Gasteiger partial charge on any atom is -0.478 e. The highest BCUT2D eigenvalue weighted by Crippen LogP contribution is 2.27. The van der Waals surface area contributed by atoms with Gasteiger partial charge in [0, 0.05) is 22.3 Å². The maximum atomic E-state index is 11.2. The first-order valence-electron chi connectivity index (χ1n) is 5.93. The minimum atomic E-state index is -1.23. The summed E-state index contributed by atoms with van der Waals surface area (Å²) in [5.74, 6) is -1.23. The number of rotatable bonds is 4. The van der Waals surface area contributed by atoms with Crippen molar-refractivity contribution in [1.82, 2.24) is 0 Å². The van der Waals surface area contributed by atoms with Gasteiger partial charge in [0.15, 0.2) is 0 Å². The zero-order valence-electron chi connectivity index (χ0n) is 11.0. The fourth-order valence-electron chi connectivity index (χ4n) is 1.76. The molecule has 2 aromatic carbocycles. The molecule has 108 valence electrons. The number of anilines is 2. The zero-order chi connectivity index (χ0) is 15.6. The monoisotopic (exact) mass is 350 g/mol. The van der Waals surface area contributed by atoms with Gasteiger partial charge in [-0.3, -0.25) is 10.1 Å². The number of aromatic carboxylic acids is 1. The van der Waals surface area contributed by atoms with E-state index in [4.69, 9.17) is 0 Å². The first-order valence-corrected chi connectivity index (χ1v) is 6.72. The van der Waals surface area contributed by atoms with Gasteiger partial charge >= 0.3 is 5.97 Å². The molecule has 0 fully saturated rings. The van der Waals surface area contributed by atoms with Crippen molar-refractivity contribution in [3.05, 3.63) is 62.1 Å². The van der Waals surface area contributed by atoms with E-state index in [1.807, 2.05) is 19.1 Å². The summed E-state index contributed by atoms with van der Waals surface area (Å²) in [6, 6.07) is 9.16. The number of carbonyl (C=O) groups is 1. The Morgan fingerprint density at radius 2 is 2.00 bits per heavy atom. The summed E-state index contributed by atoms with van der Waals surface area (Å²) in [5.41, 5.74) is 1.61. The van der Waals surface area contributed by atoms with Crippen LogP contribution in [-0.2, 0) is 0 Å². The van der Waals surface area contributed by atoms with Crippen molar-refractivity contribution in [2.45, 2.75) is 6.92 Å². The molecule has 0 aliphatic carbocycles. The van der Waals surface area contributed by atoms with Crippen molar-refractivity contribution < 1.29 is 14.8 Å². The van der Waals surface area contributed by atoms with E-state index in [0.717, 1.165) is 16.1 Å². The number of nitro benzene ring substituents is 1. The summed E-state index contributed by atoms with van der Waals surface area (Å²) in [5, 5.41) is 22.8. The number of nitrogens with one attached hydrogen (secondary N) is 1. The lowest BCUT2D eigenvalue weighted by atomic mass is 10.1. The van der Waals surface area contributed by atoms with Gasteiger partial charge in [0.05, 0.1) is 16.2 Å². The van der Waals surface area contributed by atoms with Crippen LogP contribution >= 0.6 is 15.9 Å². The van der Waals surface area contributed by atoms with Crippen LogP contribution in [0.3, 0.4) is 0 Å². The van der Waals surface area contributed by atoms with Crippen molar-refractivity contribution in [1.29, 1.82) is 0 Å². The van der Waals surface area contributed by atoms with Crippen molar-refractivity contribution in [3.63, 3.8) is 0 Å². The standard InChI is InChI=1S/C14H11BrN2O4/c1-8-2-3-9(6-12(8)15)16-13-5-4-10(17(20)21)7-11(13)14(18)19/h2-7,16H,1H3,(H,18,19). The lowest BCUT2D eigenvalue weighted by Gasteiger charge is -2.10. The van der Waals surface area contributed by atoms with E-state index in [1.54, 1.807) is 6.07 Å². The molecule has 0 spiro atoms. The molecular weight excluding hydrogens is 340 g/mol. The van der Waals surface area contributed by atoms with Crippen molar-refractivity contribution >= 4 is 39.0 Å². The molecule has 0 aromatic heterocycles. The lowest BCUT2D eigenvalue weighted by Crippen LogP contribution is -2.04. The number of hydrogen-bond donors (Lipinski definition) is 2. The average molecular weight is 351 g/mol. The third kappa shape index (κ3) is 3.38. The maximum absolute atomic E-state index is 11.2. The van der Waals surface area contributed by atoms with Crippen LogP contribution in [0, 0.1) is 17.0 Å². The molecule has 2 aromatic rings. The van der Waals surface area contributed by atoms with Crippen LogP contribution in [0.2, 0.25) is 0 Å². The first-order chi connectivity index (χ1) is 9.88. The normalized spacial score (nSPS) is 10.2. The van der Waals surface area contributed by atoms with Gasteiger partial charge in [-0.05, 0) is 30.7 Å². The Kier molecular flexibility index (Phi) is 4.23. The van der Waals surface area contributed by atoms with Crippen LogP contribution in [0.15, 0.2) is 40.9 Å². The molecule has 0 bridgehead atoms. The van der Waals surface area contributed by atoms with Gasteiger partial charge in [0.1, 0.15) is 0 Å². The highest BCUT2D eigenvalue weighted by atomic mass is 79.9. The van der Waals surface area contributed by atoms with Crippen molar-refractivity contribution in [3.8, 4) is 0 Å². The van der Waals surface area contributed by atoms with E-state index in [1.165, 1.54) is 12.1 Å². The topological polar surface area (TPSA) is 92.5 Å². The largest absolute Gasteiger partial charge is 0.478 e. The molecule has 0 atom stereocenters. The maximum Gasteiger partial charge on any atom is 0.338 e. The number of nitro groups is 1. The Morgan fingerprint density at radius 3 is 2.57 bits per heavy atom. The second kappa shape index (κ2) is 5.92. The average Bonchev–Trinajstić information content (AvgIpc) is 2.43. The number of non-ortho nitro benzene ring substituents is 1. The third-order valence-corrected chi connectivity index (χ3v) is 3.75. The van der Waals surface area contributed by atoms with E-state index in [2.05, 4.69) is 21.2 Å². The van der Waals surface area contributed by atoms with Crippen LogP contribution in [0.25, 0.3) is 0 Å². The number of aryl methyl sites for hydroxylation is 1. The summed E-state index contributed by atoms with van der Waals surface area (Å²) in [6.45, 7) is 1.93. The smallest absolute Gasteiger partial charge is 0.338 e. The van der Waals surface area contributed by atoms with Gasteiger partial charge in [-0.1, -0.05) is 22.0 Å². The minimum absolute atomic E-state index is 0.152. The molecule has 21 heavy (non-hydrogen) atoms. The van der Waals surface area contributed by atoms with Crippen molar-refractivity contribution in [2.75, 3.05) is 5.32 Å². The fraction of sp³-hybridized carbons (Fsp3) is 0.0714. The van der Waals surface area contributed by atoms with Gasteiger partial charge in [-0.2, -0.15) is 0 Å². The molecule has 6 nitrogen and oxygen atoms in total. The second-order valence-electron chi connectivity index (χ2n) is 4.38. The van der Waals surface area contributed by atoms with Gasteiger partial charge < -0.3 is 10.4 Å². The summed E-state index contributed by atoms with van der Waals surface area (Å²) in [4.78, 5) is 21.3.